The van der Waals surface area contributed by atoms with Gasteiger partial charge in [0, 0.05) is 6.54 Å². The summed E-state index contributed by atoms with van der Waals surface area (Å²) >= 11 is 0. The van der Waals surface area contributed by atoms with E-state index in [0.29, 0.717) is 6.61 Å². The summed E-state index contributed by atoms with van der Waals surface area (Å²) in [6.45, 7) is 4.99. The molecule has 0 aromatic heterocycles. The molecule has 0 aliphatic carbocycles. The number of hydrogen-bond donors (Lipinski definition) is 1. The van der Waals surface area contributed by atoms with Crippen molar-refractivity contribution < 1.29 is 9.53 Å². The van der Waals surface area contributed by atoms with Crippen LogP contribution in [0.4, 0.5) is 0 Å². The Kier molecular flexibility index (Phi) is 2.68. The minimum atomic E-state index is -0.104. The van der Waals surface area contributed by atoms with E-state index in [2.05, 4.69) is 5.32 Å². The molecule has 1 unspecified atom stereocenters. The van der Waals surface area contributed by atoms with Crippen molar-refractivity contribution >= 4 is 5.97 Å². The molecule has 1 fully saturated rings. The van der Waals surface area contributed by atoms with Gasteiger partial charge in [-0.25, -0.2) is 0 Å². The van der Waals surface area contributed by atoms with Crippen LogP contribution in [0, 0.1) is 12.5 Å². The third kappa shape index (κ3) is 1.70. The maximum absolute atomic E-state index is 11.0. The first kappa shape index (κ1) is 7.54. The zero-order valence-corrected chi connectivity index (χ0v) is 6.09. The number of ether oxygens (including phenoxy) is 1. The van der Waals surface area contributed by atoms with Crippen LogP contribution in [0.1, 0.15) is 13.3 Å². The highest BCUT2D eigenvalue weighted by atomic mass is 16.5. The van der Waals surface area contributed by atoms with Gasteiger partial charge in [0.2, 0.25) is 0 Å². The maximum Gasteiger partial charge on any atom is 0.310 e. The topological polar surface area (TPSA) is 38.3 Å². The molecule has 1 N–H and O–H groups in total. The van der Waals surface area contributed by atoms with E-state index in [9.17, 15) is 4.79 Å². The first-order valence-electron chi connectivity index (χ1n) is 3.58. The van der Waals surface area contributed by atoms with Crippen molar-refractivity contribution in [1.82, 2.24) is 5.32 Å². The van der Waals surface area contributed by atoms with Gasteiger partial charge in [0.1, 0.15) is 0 Å². The molecule has 1 atom stereocenters. The molecule has 57 valence electrons. The third-order valence-corrected chi connectivity index (χ3v) is 1.51. The number of rotatable bonds is 2. The summed E-state index contributed by atoms with van der Waals surface area (Å²) in [5, 5.41) is 2.99. The number of carbonyl (C=O) groups is 1. The average molecular weight is 142 g/mol. The van der Waals surface area contributed by atoms with Crippen molar-refractivity contribution in [2.75, 3.05) is 13.2 Å². The Morgan fingerprint density at radius 3 is 3.20 bits per heavy atom. The molecule has 3 heteroatoms. The normalized spacial score (nSPS) is 24.7. The van der Waals surface area contributed by atoms with Gasteiger partial charge in [-0.15, -0.1) is 0 Å². The Labute approximate surface area is 60.7 Å². The van der Waals surface area contributed by atoms with Gasteiger partial charge in [0.05, 0.1) is 12.5 Å². The molecular weight excluding hydrogens is 130 g/mol. The van der Waals surface area contributed by atoms with Crippen LogP contribution in [0.3, 0.4) is 0 Å². The molecule has 0 saturated carbocycles. The van der Waals surface area contributed by atoms with E-state index in [1.54, 1.807) is 6.54 Å². The molecule has 0 bridgehead atoms. The lowest BCUT2D eigenvalue weighted by molar-refractivity contribution is -0.146. The van der Waals surface area contributed by atoms with Crippen LogP contribution in [0.25, 0.3) is 0 Å². The number of nitrogens with one attached hydrogen (secondary N) is 1. The van der Waals surface area contributed by atoms with Crippen molar-refractivity contribution in [1.29, 1.82) is 0 Å². The lowest BCUT2D eigenvalue weighted by Crippen LogP contribution is -2.16. The summed E-state index contributed by atoms with van der Waals surface area (Å²) in [7, 11) is 0. The Hall–Kier alpha value is -0.570. The van der Waals surface area contributed by atoms with Crippen LogP contribution in [0.5, 0.6) is 0 Å². The summed E-state index contributed by atoms with van der Waals surface area (Å²) < 4.78 is 4.82. The highest BCUT2D eigenvalue weighted by Gasteiger charge is 2.23. The fraction of sp³-hybridized carbons (Fsp3) is 0.714. The van der Waals surface area contributed by atoms with Gasteiger partial charge in [-0.3, -0.25) is 4.79 Å². The molecule has 0 amide bonds. The van der Waals surface area contributed by atoms with Gasteiger partial charge in [0.15, 0.2) is 0 Å². The molecule has 3 nitrogen and oxygen atoms in total. The zero-order chi connectivity index (χ0) is 7.40. The standard InChI is InChI=1S/C7H12NO2/c1-2-10-7(9)6-3-4-8-5-6/h5-6,8H,2-4H2,1H3. The molecule has 1 heterocycles. The van der Waals surface area contributed by atoms with Gasteiger partial charge < -0.3 is 10.1 Å². The largest absolute Gasteiger partial charge is 0.466 e. The molecule has 1 rings (SSSR count). The van der Waals surface area contributed by atoms with Gasteiger partial charge in [-0.2, -0.15) is 0 Å². The van der Waals surface area contributed by atoms with E-state index in [1.807, 2.05) is 6.92 Å². The minimum Gasteiger partial charge on any atom is -0.466 e. The first-order valence-corrected chi connectivity index (χ1v) is 3.58. The number of carbonyl (C=O) groups excluding carboxylic acids is 1. The summed E-state index contributed by atoms with van der Waals surface area (Å²) in [5.41, 5.74) is 0. The van der Waals surface area contributed by atoms with E-state index in [-0.39, 0.29) is 11.9 Å². The van der Waals surface area contributed by atoms with Crippen LogP contribution in [-0.2, 0) is 9.53 Å². The Bertz CT molecular complexity index is 119. The quantitative estimate of drug-likeness (QED) is 0.564. The fourth-order valence-electron chi connectivity index (χ4n) is 0.983. The van der Waals surface area contributed by atoms with Crippen LogP contribution < -0.4 is 5.32 Å². The lowest BCUT2D eigenvalue weighted by atomic mass is 10.1. The summed E-state index contributed by atoms with van der Waals surface area (Å²) in [5.74, 6) is -0.118. The third-order valence-electron chi connectivity index (χ3n) is 1.51. The van der Waals surface area contributed by atoms with E-state index in [1.165, 1.54) is 0 Å². The van der Waals surface area contributed by atoms with E-state index in [0.717, 1.165) is 13.0 Å². The number of hydrogen-bond acceptors (Lipinski definition) is 3. The van der Waals surface area contributed by atoms with Crippen LogP contribution in [0.2, 0.25) is 0 Å². The van der Waals surface area contributed by atoms with Crippen molar-refractivity contribution in [3.05, 3.63) is 6.54 Å². The smallest absolute Gasteiger partial charge is 0.310 e. The van der Waals surface area contributed by atoms with Crippen LogP contribution in [0.15, 0.2) is 0 Å². The van der Waals surface area contributed by atoms with Crippen molar-refractivity contribution in [2.45, 2.75) is 13.3 Å². The predicted molar refractivity (Wildman–Crippen MR) is 37.0 cm³/mol. The minimum absolute atomic E-state index is 0.0139. The monoisotopic (exact) mass is 142 g/mol. The maximum atomic E-state index is 11.0. The predicted octanol–water partition coefficient (Wildman–Crippen LogP) is 0.321. The van der Waals surface area contributed by atoms with Crippen molar-refractivity contribution in [2.24, 2.45) is 5.92 Å². The Balaban J connectivity index is 2.25. The number of esters is 1. The second-order valence-electron chi connectivity index (χ2n) is 2.27. The summed E-state index contributed by atoms with van der Waals surface area (Å²) in [4.78, 5) is 11.0. The first-order chi connectivity index (χ1) is 4.84. The van der Waals surface area contributed by atoms with Crippen molar-refractivity contribution in [3.8, 4) is 0 Å². The van der Waals surface area contributed by atoms with E-state index >= 15 is 0 Å². The van der Waals surface area contributed by atoms with E-state index in [4.69, 9.17) is 4.74 Å². The Morgan fingerprint density at radius 1 is 1.90 bits per heavy atom. The molecule has 0 spiro atoms. The van der Waals surface area contributed by atoms with Gasteiger partial charge in [-0.1, -0.05) is 0 Å². The molecule has 1 saturated heterocycles. The molecule has 1 aliphatic rings. The van der Waals surface area contributed by atoms with Gasteiger partial charge >= 0.3 is 5.97 Å². The second-order valence-corrected chi connectivity index (χ2v) is 2.27. The summed E-state index contributed by atoms with van der Waals surface area (Å²) in [6.07, 6.45) is 0.874. The van der Waals surface area contributed by atoms with Crippen molar-refractivity contribution in [3.63, 3.8) is 0 Å². The zero-order valence-electron chi connectivity index (χ0n) is 6.09. The highest BCUT2D eigenvalue weighted by Crippen LogP contribution is 2.12. The fourth-order valence-corrected chi connectivity index (χ4v) is 0.983. The van der Waals surface area contributed by atoms with Crippen LogP contribution in [-0.4, -0.2) is 19.1 Å². The highest BCUT2D eigenvalue weighted by molar-refractivity contribution is 5.74. The second kappa shape index (κ2) is 3.56. The SMILES string of the molecule is CCOC(=O)C1[CH]NCC1. The van der Waals surface area contributed by atoms with Gasteiger partial charge in [0.25, 0.3) is 0 Å². The summed E-state index contributed by atoms with van der Waals surface area (Å²) in [6, 6.07) is 0. The molecule has 1 aliphatic heterocycles. The molecule has 0 aromatic carbocycles. The molecule has 10 heavy (non-hydrogen) atoms. The molecule has 1 radical (unpaired) electrons. The molecular formula is C7H12NO2. The van der Waals surface area contributed by atoms with Crippen LogP contribution >= 0.6 is 0 Å². The van der Waals surface area contributed by atoms with Gasteiger partial charge in [-0.05, 0) is 19.9 Å². The lowest BCUT2D eigenvalue weighted by Gasteiger charge is -2.05. The average Bonchev–Trinajstić information content (AvgIpc) is 2.38. The van der Waals surface area contributed by atoms with E-state index < -0.39 is 0 Å². The Morgan fingerprint density at radius 2 is 2.70 bits per heavy atom. The molecule has 0 aromatic rings.